The molecule has 0 saturated carbocycles. The van der Waals surface area contributed by atoms with Crippen LogP contribution in [0.4, 0.5) is 11.5 Å². The number of nitrogens with zero attached hydrogens (tertiary/aromatic N) is 4. The lowest BCUT2D eigenvalue weighted by atomic mass is 10.00. The number of rotatable bonds is 2. The van der Waals surface area contributed by atoms with Crippen molar-refractivity contribution in [1.29, 1.82) is 0 Å². The van der Waals surface area contributed by atoms with Crippen molar-refractivity contribution in [3.63, 3.8) is 0 Å². The number of aliphatic hydroxyl groups excluding tert-OH is 3. The third kappa shape index (κ3) is 1.78. The zero-order valence-corrected chi connectivity index (χ0v) is 9.79. The molecular formula is C10H13N5O4. The van der Waals surface area contributed by atoms with Gasteiger partial charge in [-0.3, -0.25) is 0 Å². The highest BCUT2D eigenvalue weighted by molar-refractivity contribution is 5.62. The van der Waals surface area contributed by atoms with Crippen molar-refractivity contribution >= 4 is 11.5 Å². The van der Waals surface area contributed by atoms with E-state index in [1.54, 1.807) is 0 Å². The van der Waals surface area contributed by atoms with E-state index in [9.17, 15) is 10.2 Å². The molecule has 9 nitrogen and oxygen atoms in total. The van der Waals surface area contributed by atoms with E-state index in [2.05, 4.69) is 20.2 Å². The van der Waals surface area contributed by atoms with Crippen molar-refractivity contribution in [3.8, 4) is 0 Å². The van der Waals surface area contributed by atoms with Crippen LogP contribution in [0.5, 0.6) is 0 Å². The van der Waals surface area contributed by atoms with E-state index < -0.39 is 37.1 Å². The second kappa shape index (κ2) is 4.46. The number of nitrogen functional groups attached to an aromatic ring is 1. The fourth-order valence-electron chi connectivity index (χ4n) is 2.31. The van der Waals surface area contributed by atoms with Crippen LogP contribution in [-0.4, -0.2) is 56.3 Å². The van der Waals surface area contributed by atoms with Crippen LogP contribution in [0.2, 0.25) is 0 Å². The first-order valence-electron chi connectivity index (χ1n) is 5.77. The van der Waals surface area contributed by atoms with Gasteiger partial charge in [-0.2, -0.15) is 5.11 Å². The predicted octanol–water partition coefficient (Wildman–Crippen LogP) is -1.32. The summed E-state index contributed by atoms with van der Waals surface area (Å²) in [7, 11) is 0. The Balaban J connectivity index is 1.91. The number of hydrogen-bond donors (Lipinski definition) is 4. The quantitative estimate of drug-likeness (QED) is 0.519. The predicted molar refractivity (Wildman–Crippen MR) is 61.5 cm³/mol. The van der Waals surface area contributed by atoms with Crippen molar-refractivity contribution < 1.29 is 20.1 Å². The molecule has 2 aliphatic heterocycles. The summed E-state index contributed by atoms with van der Waals surface area (Å²) >= 11 is 0. The van der Waals surface area contributed by atoms with E-state index in [-0.39, 0.29) is 5.82 Å². The van der Waals surface area contributed by atoms with Gasteiger partial charge >= 0.3 is 0 Å². The highest BCUT2D eigenvalue weighted by Gasteiger charge is 2.48. The third-order valence-corrected chi connectivity index (χ3v) is 3.33. The average Bonchev–Trinajstić information content (AvgIpc) is 2.94. The summed E-state index contributed by atoms with van der Waals surface area (Å²) in [5.74, 6) is 0.197. The van der Waals surface area contributed by atoms with Gasteiger partial charge < -0.3 is 25.8 Å². The van der Waals surface area contributed by atoms with E-state index in [4.69, 9.17) is 15.6 Å². The number of anilines is 1. The van der Waals surface area contributed by atoms with E-state index in [0.717, 1.165) is 0 Å². The van der Waals surface area contributed by atoms with E-state index in [0.29, 0.717) is 11.4 Å². The molecule has 5 unspecified atom stereocenters. The second-order valence-electron chi connectivity index (χ2n) is 4.46. The van der Waals surface area contributed by atoms with Gasteiger partial charge in [-0.05, 0) is 0 Å². The number of fused-ring (bicyclic) bond motifs is 1. The minimum absolute atomic E-state index is 0.197. The van der Waals surface area contributed by atoms with Gasteiger partial charge in [0.1, 0.15) is 42.5 Å². The molecule has 9 heteroatoms. The molecule has 2 aliphatic rings. The molecule has 1 aromatic rings. The van der Waals surface area contributed by atoms with E-state index in [1.807, 2.05) is 0 Å². The Morgan fingerprint density at radius 1 is 1.26 bits per heavy atom. The Labute approximate surface area is 107 Å². The molecule has 3 heterocycles. The first-order chi connectivity index (χ1) is 9.13. The number of ether oxygens (including phenoxy) is 1. The van der Waals surface area contributed by atoms with Crippen LogP contribution in [0.3, 0.4) is 0 Å². The Morgan fingerprint density at radius 2 is 2.05 bits per heavy atom. The lowest BCUT2D eigenvalue weighted by Crippen LogP contribution is -2.35. The van der Waals surface area contributed by atoms with Crippen LogP contribution in [0.15, 0.2) is 16.6 Å². The standard InChI is InChI=1S/C10H13N5O4/c11-10-6-4(12-2-13-10)5(14-15-6)9-8(18)7(17)3(1-16)19-9/h2-3,5,7-9,16-18H,1H2,(H2,11,12,13). The molecule has 3 rings (SSSR count). The monoisotopic (exact) mass is 267 g/mol. The topological polar surface area (TPSA) is 146 Å². The molecule has 0 amide bonds. The molecule has 0 aromatic carbocycles. The summed E-state index contributed by atoms with van der Waals surface area (Å²) in [6.45, 7) is -0.392. The third-order valence-electron chi connectivity index (χ3n) is 3.33. The van der Waals surface area contributed by atoms with Gasteiger partial charge in [0.05, 0.1) is 6.61 Å². The summed E-state index contributed by atoms with van der Waals surface area (Å²) in [6, 6.07) is -0.665. The number of aliphatic hydroxyl groups is 3. The molecule has 1 aromatic heterocycles. The molecule has 5 atom stereocenters. The maximum Gasteiger partial charge on any atom is 0.155 e. The van der Waals surface area contributed by atoms with Crippen LogP contribution in [0, 0.1) is 0 Å². The minimum Gasteiger partial charge on any atom is -0.394 e. The maximum atomic E-state index is 9.95. The molecule has 102 valence electrons. The molecule has 5 N–H and O–H groups in total. The van der Waals surface area contributed by atoms with Gasteiger partial charge in [0.2, 0.25) is 0 Å². The molecule has 1 fully saturated rings. The van der Waals surface area contributed by atoms with Crippen molar-refractivity contribution in [3.05, 3.63) is 12.0 Å². The van der Waals surface area contributed by atoms with Gasteiger partial charge in [-0.1, -0.05) is 0 Å². The lowest BCUT2D eigenvalue weighted by molar-refractivity contribution is -0.0299. The maximum absolute atomic E-state index is 9.95. The molecule has 19 heavy (non-hydrogen) atoms. The number of azo groups is 1. The summed E-state index contributed by atoms with van der Waals surface area (Å²) in [5.41, 5.74) is 6.45. The zero-order valence-electron chi connectivity index (χ0n) is 9.79. The number of hydrogen-bond acceptors (Lipinski definition) is 9. The van der Waals surface area contributed by atoms with Gasteiger partial charge in [0, 0.05) is 0 Å². The minimum atomic E-state index is -1.18. The van der Waals surface area contributed by atoms with Gasteiger partial charge in [0.15, 0.2) is 11.5 Å². The molecule has 0 spiro atoms. The molecule has 0 radical (unpaired) electrons. The van der Waals surface area contributed by atoms with E-state index >= 15 is 0 Å². The highest BCUT2D eigenvalue weighted by Crippen LogP contribution is 2.42. The van der Waals surface area contributed by atoms with Crippen molar-refractivity contribution in [2.45, 2.75) is 30.5 Å². The summed E-state index contributed by atoms with van der Waals surface area (Å²) in [4.78, 5) is 7.84. The van der Waals surface area contributed by atoms with Gasteiger partial charge in [-0.25, -0.2) is 9.97 Å². The van der Waals surface area contributed by atoms with Gasteiger partial charge in [0.25, 0.3) is 0 Å². The summed E-state index contributed by atoms with van der Waals surface area (Å²) < 4.78 is 5.41. The molecule has 1 saturated heterocycles. The van der Waals surface area contributed by atoms with E-state index in [1.165, 1.54) is 6.33 Å². The van der Waals surface area contributed by atoms with Gasteiger partial charge in [-0.15, -0.1) is 5.11 Å². The van der Waals surface area contributed by atoms with Crippen molar-refractivity contribution in [1.82, 2.24) is 9.97 Å². The lowest BCUT2D eigenvalue weighted by Gasteiger charge is -2.18. The molecule has 0 bridgehead atoms. The summed E-state index contributed by atoms with van der Waals surface area (Å²) in [5, 5.41) is 36.6. The normalized spacial score (nSPS) is 36.7. The number of nitrogens with two attached hydrogens (primary N) is 1. The SMILES string of the molecule is Nc1ncnc2c1N=NC2C1OC(CO)C(O)C1O. The van der Waals surface area contributed by atoms with Crippen LogP contribution < -0.4 is 5.73 Å². The molecule has 0 aliphatic carbocycles. The first kappa shape index (κ1) is 12.4. The second-order valence-corrected chi connectivity index (χ2v) is 4.46. The van der Waals surface area contributed by atoms with Crippen molar-refractivity contribution in [2.24, 2.45) is 10.2 Å². The first-order valence-corrected chi connectivity index (χ1v) is 5.77. The fraction of sp³-hybridized carbons (Fsp3) is 0.600. The smallest absolute Gasteiger partial charge is 0.155 e. The average molecular weight is 267 g/mol. The zero-order chi connectivity index (χ0) is 13.6. The van der Waals surface area contributed by atoms with Crippen LogP contribution in [0.25, 0.3) is 0 Å². The Kier molecular flexibility index (Phi) is 2.90. The number of aromatic nitrogens is 2. The van der Waals surface area contributed by atoms with Crippen LogP contribution in [0.1, 0.15) is 11.7 Å². The Bertz CT molecular complexity index is 525. The van der Waals surface area contributed by atoms with Crippen LogP contribution >= 0.6 is 0 Å². The van der Waals surface area contributed by atoms with Crippen molar-refractivity contribution in [2.75, 3.05) is 12.3 Å². The molecular weight excluding hydrogens is 254 g/mol. The Hall–Kier alpha value is -1.68. The fourth-order valence-corrected chi connectivity index (χ4v) is 2.31. The largest absolute Gasteiger partial charge is 0.394 e. The summed E-state index contributed by atoms with van der Waals surface area (Å²) in [6.07, 6.45) is -2.75. The highest BCUT2D eigenvalue weighted by atomic mass is 16.6. The van der Waals surface area contributed by atoms with Crippen LogP contribution in [-0.2, 0) is 4.74 Å². The Morgan fingerprint density at radius 3 is 2.74 bits per heavy atom.